The predicted molar refractivity (Wildman–Crippen MR) is 78.2 cm³/mol. The molecule has 96 valence electrons. The van der Waals surface area contributed by atoms with E-state index in [1.165, 1.54) is 21.7 Å². The van der Waals surface area contributed by atoms with Gasteiger partial charge < -0.3 is 5.73 Å². The molecule has 2 nitrogen and oxygen atoms in total. The Morgan fingerprint density at radius 2 is 1.94 bits per heavy atom. The van der Waals surface area contributed by atoms with Crippen molar-refractivity contribution in [3.8, 4) is 0 Å². The first-order chi connectivity index (χ1) is 8.52. The SMILES string of the molecule is CCc1nc(C(N)c2ccc(C)c(C)c2)sc1C. The zero-order valence-corrected chi connectivity index (χ0v) is 12.3. The number of hydrogen-bond acceptors (Lipinski definition) is 3. The predicted octanol–water partition coefficient (Wildman–Crippen LogP) is 3.68. The van der Waals surface area contributed by atoms with Crippen LogP contribution in [0.1, 0.15) is 45.2 Å². The molecule has 0 spiro atoms. The fourth-order valence-corrected chi connectivity index (χ4v) is 3.05. The third kappa shape index (κ3) is 2.47. The molecule has 2 rings (SSSR count). The van der Waals surface area contributed by atoms with Gasteiger partial charge in [0, 0.05) is 4.88 Å². The average Bonchev–Trinajstić information content (AvgIpc) is 2.73. The highest BCUT2D eigenvalue weighted by Gasteiger charge is 2.15. The maximum atomic E-state index is 6.32. The Labute approximate surface area is 113 Å². The quantitative estimate of drug-likeness (QED) is 0.914. The Morgan fingerprint density at radius 1 is 1.22 bits per heavy atom. The summed E-state index contributed by atoms with van der Waals surface area (Å²) in [6.07, 6.45) is 0.974. The van der Waals surface area contributed by atoms with Gasteiger partial charge in [0.25, 0.3) is 0 Å². The maximum absolute atomic E-state index is 6.32. The zero-order valence-electron chi connectivity index (χ0n) is 11.4. The second-order valence-corrected chi connectivity index (χ2v) is 5.96. The largest absolute Gasteiger partial charge is 0.318 e. The molecule has 0 radical (unpaired) electrons. The molecule has 1 atom stereocenters. The molecule has 0 aliphatic rings. The second-order valence-electron chi connectivity index (χ2n) is 4.73. The Hall–Kier alpha value is -1.19. The lowest BCUT2D eigenvalue weighted by Gasteiger charge is -2.11. The molecule has 1 aromatic heterocycles. The smallest absolute Gasteiger partial charge is 0.114 e. The van der Waals surface area contributed by atoms with E-state index in [2.05, 4.69) is 50.9 Å². The summed E-state index contributed by atoms with van der Waals surface area (Å²) in [4.78, 5) is 5.93. The Morgan fingerprint density at radius 3 is 2.50 bits per heavy atom. The number of hydrogen-bond donors (Lipinski definition) is 1. The van der Waals surface area contributed by atoms with Crippen LogP contribution < -0.4 is 5.73 Å². The minimum Gasteiger partial charge on any atom is -0.318 e. The second kappa shape index (κ2) is 5.21. The van der Waals surface area contributed by atoms with E-state index in [9.17, 15) is 0 Å². The number of thiazole rings is 1. The minimum absolute atomic E-state index is 0.103. The Balaban J connectivity index is 2.34. The molecule has 2 aromatic rings. The van der Waals surface area contributed by atoms with E-state index in [1.54, 1.807) is 11.3 Å². The van der Waals surface area contributed by atoms with Gasteiger partial charge in [-0.1, -0.05) is 25.1 Å². The van der Waals surface area contributed by atoms with Crippen LogP contribution in [0.2, 0.25) is 0 Å². The molecule has 0 aliphatic carbocycles. The molecular formula is C15H20N2S. The normalized spacial score (nSPS) is 12.7. The van der Waals surface area contributed by atoms with Crippen LogP contribution >= 0.6 is 11.3 Å². The van der Waals surface area contributed by atoms with Crippen molar-refractivity contribution in [3.63, 3.8) is 0 Å². The van der Waals surface area contributed by atoms with E-state index < -0.39 is 0 Å². The van der Waals surface area contributed by atoms with E-state index in [1.807, 2.05) is 0 Å². The summed E-state index contributed by atoms with van der Waals surface area (Å²) in [6.45, 7) is 8.49. The van der Waals surface area contributed by atoms with Crippen LogP contribution in [0.25, 0.3) is 0 Å². The Kier molecular flexibility index (Phi) is 3.83. The molecule has 1 unspecified atom stereocenters. The van der Waals surface area contributed by atoms with Crippen LogP contribution in [0.15, 0.2) is 18.2 Å². The number of aromatic nitrogens is 1. The summed E-state index contributed by atoms with van der Waals surface area (Å²) in [5.74, 6) is 0. The number of rotatable bonds is 3. The van der Waals surface area contributed by atoms with Gasteiger partial charge in [0.05, 0.1) is 11.7 Å². The Bertz CT molecular complexity index is 558. The van der Waals surface area contributed by atoms with Crippen molar-refractivity contribution in [1.82, 2.24) is 4.98 Å². The number of aryl methyl sites for hydroxylation is 4. The van der Waals surface area contributed by atoms with Gasteiger partial charge >= 0.3 is 0 Å². The first-order valence-electron chi connectivity index (χ1n) is 6.31. The van der Waals surface area contributed by atoms with E-state index in [0.29, 0.717) is 0 Å². The van der Waals surface area contributed by atoms with Gasteiger partial charge in [-0.3, -0.25) is 0 Å². The van der Waals surface area contributed by atoms with Crippen LogP contribution in [-0.2, 0) is 6.42 Å². The van der Waals surface area contributed by atoms with Crippen LogP contribution in [0.5, 0.6) is 0 Å². The molecule has 3 heteroatoms. The van der Waals surface area contributed by atoms with Gasteiger partial charge in [0.1, 0.15) is 5.01 Å². The molecule has 0 saturated carbocycles. The molecule has 0 saturated heterocycles. The lowest BCUT2D eigenvalue weighted by molar-refractivity contribution is 0.842. The van der Waals surface area contributed by atoms with Crippen molar-refractivity contribution in [1.29, 1.82) is 0 Å². The summed E-state index contributed by atoms with van der Waals surface area (Å²) in [5, 5.41) is 1.02. The summed E-state index contributed by atoms with van der Waals surface area (Å²) in [7, 11) is 0. The van der Waals surface area contributed by atoms with Gasteiger partial charge in [-0.2, -0.15) is 0 Å². The van der Waals surface area contributed by atoms with Crippen molar-refractivity contribution in [3.05, 3.63) is 50.5 Å². The standard InChI is InChI=1S/C15H20N2S/c1-5-13-11(4)18-15(17-13)14(16)12-7-6-9(2)10(3)8-12/h6-8,14H,5,16H2,1-4H3. The lowest BCUT2D eigenvalue weighted by atomic mass is 10.0. The molecule has 0 bridgehead atoms. The van der Waals surface area contributed by atoms with E-state index in [4.69, 9.17) is 5.73 Å². The number of benzene rings is 1. The van der Waals surface area contributed by atoms with Gasteiger partial charge in [0.2, 0.25) is 0 Å². The topological polar surface area (TPSA) is 38.9 Å². The van der Waals surface area contributed by atoms with Gasteiger partial charge in [0.15, 0.2) is 0 Å². The number of nitrogens with zero attached hydrogens (tertiary/aromatic N) is 1. The molecule has 18 heavy (non-hydrogen) atoms. The molecular weight excluding hydrogens is 240 g/mol. The number of nitrogens with two attached hydrogens (primary N) is 1. The van der Waals surface area contributed by atoms with Gasteiger partial charge in [-0.15, -0.1) is 11.3 Å². The van der Waals surface area contributed by atoms with Crippen LogP contribution in [-0.4, -0.2) is 4.98 Å². The van der Waals surface area contributed by atoms with Crippen molar-refractivity contribution in [2.24, 2.45) is 5.73 Å². The van der Waals surface area contributed by atoms with Crippen LogP contribution in [0.4, 0.5) is 0 Å². The molecule has 0 amide bonds. The molecule has 0 fully saturated rings. The highest BCUT2D eigenvalue weighted by atomic mass is 32.1. The molecule has 1 aromatic carbocycles. The third-order valence-corrected chi connectivity index (χ3v) is 4.50. The van der Waals surface area contributed by atoms with E-state index in [0.717, 1.165) is 17.0 Å². The molecule has 1 heterocycles. The monoisotopic (exact) mass is 260 g/mol. The van der Waals surface area contributed by atoms with E-state index in [-0.39, 0.29) is 6.04 Å². The van der Waals surface area contributed by atoms with Crippen LogP contribution in [0, 0.1) is 20.8 Å². The van der Waals surface area contributed by atoms with Gasteiger partial charge in [-0.05, 0) is 43.9 Å². The summed E-state index contributed by atoms with van der Waals surface area (Å²) >= 11 is 1.72. The lowest BCUT2D eigenvalue weighted by Crippen LogP contribution is -2.12. The van der Waals surface area contributed by atoms with Crippen LogP contribution in [0.3, 0.4) is 0 Å². The van der Waals surface area contributed by atoms with Crippen molar-refractivity contribution in [2.75, 3.05) is 0 Å². The first-order valence-corrected chi connectivity index (χ1v) is 7.13. The van der Waals surface area contributed by atoms with Crippen molar-refractivity contribution < 1.29 is 0 Å². The van der Waals surface area contributed by atoms with Crippen molar-refractivity contribution >= 4 is 11.3 Å². The maximum Gasteiger partial charge on any atom is 0.114 e. The highest BCUT2D eigenvalue weighted by molar-refractivity contribution is 7.11. The fourth-order valence-electron chi connectivity index (χ4n) is 2.01. The first kappa shape index (κ1) is 13.2. The summed E-state index contributed by atoms with van der Waals surface area (Å²) < 4.78 is 0. The highest BCUT2D eigenvalue weighted by Crippen LogP contribution is 2.27. The summed E-state index contributed by atoms with van der Waals surface area (Å²) in [5.41, 5.74) is 11.2. The third-order valence-electron chi connectivity index (χ3n) is 3.40. The fraction of sp³-hybridized carbons (Fsp3) is 0.400. The zero-order chi connectivity index (χ0) is 13.3. The van der Waals surface area contributed by atoms with E-state index >= 15 is 0 Å². The molecule has 2 N–H and O–H groups in total. The van der Waals surface area contributed by atoms with Crippen molar-refractivity contribution in [2.45, 2.75) is 40.2 Å². The minimum atomic E-state index is -0.103. The summed E-state index contributed by atoms with van der Waals surface area (Å²) in [6, 6.07) is 6.30. The molecule has 0 aliphatic heterocycles. The van der Waals surface area contributed by atoms with Gasteiger partial charge in [-0.25, -0.2) is 4.98 Å². The average molecular weight is 260 g/mol.